The number of hydrogen-bond donors (Lipinski definition) is 1. The Balaban J connectivity index is 1.25. The van der Waals surface area contributed by atoms with Crippen molar-refractivity contribution in [3.63, 3.8) is 0 Å². The van der Waals surface area contributed by atoms with E-state index < -0.39 is 5.97 Å². The van der Waals surface area contributed by atoms with Crippen molar-refractivity contribution in [1.82, 2.24) is 15.0 Å². The van der Waals surface area contributed by atoms with E-state index in [1.54, 1.807) is 0 Å². The van der Waals surface area contributed by atoms with Crippen molar-refractivity contribution in [2.45, 2.75) is 25.8 Å². The number of rotatable bonds is 6. The molecule has 0 bridgehead atoms. The maximum atomic E-state index is 12.1. The van der Waals surface area contributed by atoms with Crippen LogP contribution in [-0.4, -0.2) is 46.6 Å². The third-order valence-corrected chi connectivity index (χ3v) is 4.94. The second kappa shape index (κ2) is 8.72. The second-order valence-corrected chi connectivity index (χ2v) is 7.04. The first kappa shape index (κ1) is 18.9. The molecule has 2 heterocycles. The predicted octanol–water partition coefficient (Wildman–Crippen LogP) is 2.60. The number of fused-ring (bicyclic) bond motifs is 1. The van der Waals surface area contributed by atoms with E-state index in [0.29, 0.717) is 11.2 Å². The number of piperidine rings is 1. The lowest BCUT2D eigenvalue weighted by atomic mass is 10.1. The molecule has 0 unspecified atom stereocenters. The van der Waals surface area contributed by atoms with E-state index in [1.807, 2.05) is 48.5 Å². The van der Waals surface area contributed by atoms with Crippen molar-refractivity contribution in [2.75, 3.05) is 29.9 Å². The molecule has 4 rings (SSSR count). The van der Waals surface area contributed by atoms with Crippen molar-refractivity contribution in [3.05, 3.63) is 48.5 Å². The van der Waals surface area contributed by atoms with E-state index in [4.69, 9.17) is 4.74 Å². The van der Waals surface area contributed by atoms with E-state index in [0.717, 1.165) is 24.3 Å². The number of anilines is 2. The second-order valence-electron chi connectivity index (χ2n) is 7.04. The third kappa shape index (κ3) is 4.71. The molecule has 150 valence electrons. The Morgan fingerprint density at radius 3 is 2.55 bits per heavy atom. The first-order chi connectivity index (χ1) is 14.2. The molecule has 8 heteroatoms. The topological polar surface area (TPSA) is 89.4 Å². The Kier molecular flexibility index (Phi) is 5.69. The van der Waals surface area contributed by atoms with E-state index in [1.165, 1.54) is 23.9 Å². The summed E-state index contributed by atoms with van der Waals surface area (Å²) < 4.78 is 6.52. The highest BCUT2D eigenvalue weighted by Crippen LogP contribution is 2.21. The fourth-order valence-electron chi connectivity index (χ4n) is 3.45. The molecule has 0 atom stereocenters. The summed E-state index contributed by atoms with van der Waals surface area (Å²) in [6.45, 7) is 1.70. The van der Waals surface area contributed by atoms with Crippen molar-refractivity contribution in [1.29, 1.82) is 0 Å². The summed E-state index contributed by atoms with van der Waals surface area (Å²) in [5, 5.41) is 10.7. The molecule has 3 aromatic rings. The van der Waals surface area contributed by atoms with Gasteiger partial charge in [0.1, 0.15) is 12.1 Å². The largest absolute Gasteiger partial charge is 0.454 e. The number of hydrogen-bond acceptors (Lipinski definition) is 6. The Bertz CT molecular complexity index is 993. The first-order valence-electron chi connectivity index (χ1n) is 9.78. The van der Waals surface area contributed by atoms with Crippen LogP contribution in [0.5, 0.6) is 0 Å². The summed E-state index contributed by atoms with van der Waals surface area (Å²) in [5.41, 5.74) is 3.28. The molecule has 1 aromatic heterocycles. The summed E-state index contributed by atoms with van der Waals surface area (Å²) in [4.78, 5) is 26.5. The number of amides is 1. The van der Waals surface area contributed by atoms with Gasteiger partial charge < -0.3 is 15.0 Å². The van der Waals surface area contributed by atoms with E-state index >= 15 is 0 Å². The van der Waals surface area contributed by atoms with Gasteiger partial charge >= 0.3 is 5.97 Å². The molecule has 1 N–H and O–H groups in total. The van der Waals surface area contributed by atoms with Gasteiger partial charge in [-0.1, -0.05) is 17.3 Å². The van der Waals surface area contributed by atoms with Crippen molar-refractivity contribution < 1.29 is 14.3 Å². The van der Waals surface area contributed by atoms with E-state index in [-0.39, 0.29) is 19.1 Å². The number of esters is 1. The SMILES string of the molecule is O=C(COC(=O)Cn1nnc2ccccc21)Nc1ccc(N2CCCCC2)cc1. The number of carbonyl (C=O) groups is 2. The fraction of sp³-hybridized carbons (Fsp3) is 0.333. The molecule has 0 radical (unpaired) electrons. The molecule has 0 aliphatic carbocycles. The van der Waals surface area contributed by atoms with Gasteiger partial charge in [0.25, 0.3) is 5.91 Å². The van der Waals surface area contributed by atoms with Crippen LogP contribution in [0.25, 0.3) is 11.0 Å². The first-order valence-corrected chi connectivity index (χ1v) is 9.78. The fourth-order valence-corrected chi connectivity index (χ4v) is 3.45. The number of para-hydroxylation sites is 1. The lowest BCUT2D eigenvalue weighted by Crippen LogP contribution is -2.29. The maximum absolute atomic E-state index is 12.1. The molecule has 1 aliphatic heterocycles. The summed E-state index contributed by atoms with van der Waals surface area (Å²) in [6, 6.07) is 15.1. The van der Waals surface area contributed by atoms with Gasteiger partial charge in [0.05, 0.1) is 5.52 Å². The Morgan fingerprint density at radius 1 is 1.00 bits per heavy atom. The van der Waals surface area contributed by atoms with Gasteiger partial charge in [0, 0.05) is 24.5 Å². The zero-order chi connectivity index (χ0) is 20.1. The van der Waals surface area contributed by atoms with Gasteiger partial charge in [-0.25, -0.2) is 4.68 Å². The monoisotopic (exact) mass is 393 g/mol. The van der Waals surface area contributed by atoms with Crippen LogP contribution < -0.4 is 10.2 Å². The molecule has 1 amide bonds. The molecule has 1 fully saturated rings. The van der Waals surface area contributed by atoms with Crippen LogP contribution in [-0.2, 0) is 20.9 Å². The molecule has 8 nitrogen and oxygen atoms in total. The summed E-state index contributed by atoms with van der Waals surface area (Å²) >= 11 is 0. The highest BCUT2D eigenvalue weighted by Gasteiger charge is 2.13. The average molecular weight is 393 g/mol. The minimum atomic E-state index is -0.545. The van der Waals surface area contributed by atoms with Gasteiger partial charge in [-0.15, -0.1) is 5.10 Å². The van der Waals surface area contributed by atoms with E-state index in [2.05, 4.69) is 20.5 Å². The predicted molar refractivity (Wildman–Crippen MR) is 110 cm³/mol. The highest BCUT2D eigenvalue weighted by molar-refractivity contribution is 5.93. The standard InChI is InChI=1S/C21H23N5O3/c27-20(22-16-8-10-17(11-9-16)25-12-4-1-5-13-25)15-29-21(28)14-26-19-7-3-2-6-18(19)23-24-26/h2-3,6-11H,1,4-5,12-15H2,(H,22,27). The summed E-state index contributed by atoms with van der Waals surface area (Å²) in [6.07, 6.45) is 3.72. The van der Waals surface area contributed by atoms with Crippen LogP contribution in [0, 0.1) is 0 Å². The third-order valence-electron chi connectivity index (χ3n) is 4.94. The number of nitrogens with one attached hydrogen (secondary N) is 1. The Hall–Kier alpha value is -3.42. The number of ether oxygens (including phenoxy) is 1. The summed E-state index contributed by atoms with van der Waals surface area (Å²) in [5.74, 6) is -0.927. The lowest BCUT2D eigenvalue weighted by Gasteiger charge is -2.28. The van der Waals surface area contributed by atoms with Gasteiger partial charge in [0.15, 0.2) is 6.61 Å². The zero-order valence-corrected chi connectivity index (χ0v) is 16.1. The minimum absolute atomic E-state index is 0.0989. The van der Waals surface area contributed by atoms with Crippen LogP contribution in [0.1, 0.15) is 19.3 Å². The van der Waals surface area contributed by atoms with Crippen molar-refractivity contribution >= 4 is 34.3 Å². The Labute approximate surface area is 168 Å². The molecule has 0 saturated carbocycles. The van der Waals surface area contributed by atoms with Gasteiger partial charge in [-0.3, -0.25) is 9.59 Å². The molecule has 2 aromatic carbocycles. The van der Waals surface area contributed by atoms with E-state index in [9.17, 15) is 9.59 Å². The summed E-state index contributed by atoms with van der Waals surface area (Å²) in [7, 11) is 0. The molecular weight excluding hydrogens is 370 g/mol. The number of carbonyl (C=O) groups excluding carboxylic acids is 2. The zero-order valence-electron chi connectivity index (χ0n) is 16.1. The van der Waals surface area contributed by atoms with Crippen LogP contribution in [0.2, 0.25) is 0 Å². The molecule has 0 spiro atoms. The van der Waals surface area contributed by atoms with Crippen molar-refractivity contribution in [3.8, 4) is 0 Å². The van der Waals surface area contributed by atoms with Crippen molar-refractivity contribution in [2.24, 2.45) is 0 Å². The molecule has 1 aliphatic rings. The number of nitrogens with zero attached hydrogens (tertiary/aromatic N) is 4. The molecular formula is C21H23N5O3. The van der Waals surface area contributed by atoms with Gasteiger partial charge in [-0.2, -0.15) is 0 Å². The minimum Gasteiger partial charge on any atom is -0.454 e. The average Bonchev–Trinajstić information content (AvgIpc) is 3.16. The van der Waals surface area contributed by atoms with Gasteiger partial charge in [-0.05, 0) is 55.7 Å². The van der Waals surface area contributed by atoms with Crippen LogP contribution in [0.3, 0.4) is 0 Å². The molecule has 1 saturated heterocycles. The number of aromatic nitrogens is 3. The van der Waals surface area contributed by atoms with Crippen LogP contribution >= 0.6 is 0 Å². The quantitative estimate of drug-likeness (QED) is 0.648. The normalized spacial score (nSPS) is 14.0. The lowest BCUT2D eigenvalue weighted by molar-refractivity contribution is -0.148. The van der Waals surface area contributed by atoms with Gasteiger partial charge in [0.2, 0.25) is 0 Å². The maximum Gasteiger partial charge on any atom is 0.328 e. The Morgan fingerprint density at radius 2 is 1.76 bits per heavy atom. The number of benzene rings is 2. The smallest absolute Gasteiger partial charge is 0.328 e. The van der Waals surface area contributed by atoms with Crippen LogP contribution in [0.4, 0.5) is 11.4 Å². The highest BCUT2D eigenvalue weighted by atomic mass is 16.5. The van der Waals surface area contributed by atoms with Crippen LogP contribution in [0.15, 0.2) is 48.5 Å². The molecule has 29 heavy (non-hydrogen) atoms.